The summed E-state index contributed by atoms with van der Waals surface area (Å²) in [5, 5.41) is 4.96. The van der Waals surface area contributed by atoms with E-state index in [2.05, 4.69) is 15.0 Å². The van der Waals surface area contributed by atoms with E-state index in [0.717, 1.165) is 12.1 Å². The van der Waals surface area contributed by atoms with E-state index in [1.807, 2.05) is 6.92 Å². The van der Waals surface area contributed by atoms with Crippen LogP contribution in [0.15, 0.2) is 34.5 Å². The average Bonchev–Trinajstić information content (AvgIpc) is 3.07. The Balaban J connectivity index is 1.53. The Kier molecular flexibility index (Phi) is 6.49. The fraction of sp³-hybridized carbons (Fsp3) is 0.474. The number of hydrogen-bond acceptors (Lipinski definition) is 5. The highest BCUT2D eigenvalue weighted by Crippen LogP contribution is 2.23. The third-order valence-corrected chi connectivity index (χ3v) is 7.05. The van der Waals surface area contributed by atoms with E-state index in [4.69, 9.17) is 0 Å². The molecule has 0 bridgehead atoms. The van der Waals surface area contributed by atoms with E-state index in [0.29, 0.717) is 11.6 Å². The van der Waals surface area contributed by atoms with E-state index >= 15 is 0 Å². The Morgan fingerprint density at radius 2 is 1.89 bits per heavy atom. The summed E-state index contributed by atoms with van der Waals surface area (Å²) in [5.41, 5.74) is 1.56. The second kappa shape index (κ2) is 8.84. The van der Waals surface area contributed by atoms with E-state index in [9.17, 15) is 13.2 Å². The van der Waals surface area contributed by atoms with Crippen molar-refractivity contribution < 1.29 is 13.2 Å². The highest BCUT2D eigenvalue weighted by atomic mass is 32.2. The predicted octanol–water partition coefficient (Wildman–Crippen LogP) is 3.49. The number of carbonyl (C=O) groups excluding carboxylic acids is 1. The van der Waals surface area contributed by atoms with Crippen molar-refractivity contribution in [2.45, 2.75) is 50.3 Å². The number of rotatable bonds is 7. The molecule has 0 atom stereocenters. The quantitative estimate of drug-likeness (QED) is 0.735. The molecule has 1 aliphatic rings. The van der Waals surface area contributed by atoms with Crippen LogP contribution >= 0.6 is 11.3 Å². The Bertz CT molecular complexity index is 870. The molecule has 0 aliphatic heterocycles. The molecule has 1 saturated carbocycles. The zero-order valence-electron chi connectivity index (χ0n) is 15.4. The van der Waals surface area contributed by atoms with Crippen LogP contribution in [0.25, 0.3) is 0 Å². The van der Waals surface area contributed by atoms with Crippen LogP contribution in [0.5, 0.6) is 0 Å². The van der Waals surface area contributed by atoms with Crippen LogP contribution in [0.4, 0.5) is 5.13 Å². The second-order valence-corrected chi connectivity index (χ2v) is 9.59. The summed E-state index contributed by atoms with van der Waals surface area (Å²) in [6, 6.07) is 6.62. The minimum atomic E-state index is -3.67. The second-order valence-electron chi connectivity index (χ2n) is 7.05. The SMILES string of the molecule is Cc1ccc(S(=O)(=O)Nc2nc(CC(=O)NCC3CCCCC3)cs2)cc1. The topological polar surface area (TPSA) is 88.2 Å². The molecule has 0 saturated heterocycles. The van der Waals surface area contributed by atoms with Crippen LogP contribution in [0.3, 0.4) is 0 Å². The van der Waals surface area contributed by atoms with Crippen LogP contribution in [-0.4, -0.2) is 25.9 Å². The number of nitrogens with one attached hydrogen (secondary N) is 2. The highest BCUT2D eigenvalue weighted by Gasteiger charge is 2.18. The standard InChI is InChI=1S/C19H25N3O3S2/c1-14-7-9-17(10-8-14)27(24,25)22-19-21-16(13-26-19)11-18(23)20-12-15-5-3-2-4-6-15/h7-10,13,15H,2-6,11-12H2,1H3,(H,20,23)(H,21,22). The van der Waals surface area contributed by atoms with E-state index < -0.39 is 10.0 Å². The highest BCUT2D eigenvalue weighted by molar-refractivity contribution is 7.93. The van der Waals surface area contributed by atoms with Crippen molar-refractivity contribution in [2.24, 2.45) is 5.92 Å². The van der Waals surface area contributed by atoms with Crippen LogP contribution in [-0.2, 0) is 21.2 Å². The molecule has 2 aromatic rings. The van der Waals surface area contributed by atoms with E-state index in [1.165, 1.54) is 43.4 Å². The van der Waals surface area contributed by atoms with Gasteiger partial charge in [-0.25, -0.2) is 13.4 Å². The van der Waals surface area contributed by atoms with Crippen molar-refractivity contribution in [3.05, 3.63) is 40.9 Å². The Morgan fingerprint density at radius 1 is 1.19 bits per heavy atom. The summed E-state index contributed by atoms with van der Waals surface area (Å²) >= 11 is 1.18. The van der Waals surface area contributed by atoms with Gasteiger partial charge in [-0.2, -0.15) is 0 Å². The van der Waals surface area contributed by atoms with E-state index in [-0.39, 0.29) is 22.4 Å². The molecule has 0 radical (unpaired) electrons. The molecule has 1 fully saturated rings. The fourth-order valence-corrected chi connectivity index (χ4v) is 5.17. The minimum Gasteiger partial charge on any atom is -0.355 e. The van der Waals surface area contributed by atoms with Crippen LogP contribution in [0, 0.1) is 12.8 Å². The van der Waals surface area contributed by atoms with Crippen molar-refractivity contribution in [1.82, 2.24) is 10.3 Å². The normalized spacial score (nSPS) is 15.4. The van der Waals surface area contributed by atoms with Gasteiger partial charge in [-0.05, 0) is 37.8 Å². The lowest BCUT2D eigenvalue weighted by atomic mass is 9.89. The molecule has 2 N–H and O–H groups in total. The van der Waals surface area contributed by atoms with Gasteiger partial charge in [-0.3, -0.25) is 9.52 Å². The van der Waals surface area contributed by atoms with Crippen molar-refractivity contribution >= 4 is 32.4 Å². The molecule has 1 aliphatic carbocycles. The number of benzene rings is 1. The Labute approximate surface area is 164 Å². The maximum Gasteiger partial charge on any atom is 0.263 e. The summed E-state index contributed by atoms with van der Waals surface area (Å²) in [7, 11) is -3.67. The number of hydrogen-bond donors (Lipinski definition) is 2. The number of amides is 1. The molecule has 1 heterocycles. The largest absolute Gasteiger partial charge is 0.355 e. The molecule has 0 spiro atoms. The molecule has 6 nitrogen and oxygen atoms in total. The van der Waals surface area contributed by atoms with Gasteiger partial charge >= 0.3 is 0 Å². The maximum atomic E-state index is 12.4. The van der Waals surface area contributed by atoms with Gasteiger partial charge in [0.2, 0.25) is 5.91 Å². The van der Waals surface area contributed by atoms with Crippen molar-refractivity contribution in [3.8, 4) is 0 Å². The van der Waals surface area contributed by atoms with E-state index in [1.54, 1.807) is 29.6 Å². The molecule has 3 rings (SSSR count). The van der Waals surface area contributed by atoms with Crippen LogP contribution in [0.2, 0.25) is 0 Å². The van der Waals surface area contributed by atoms with Gasteiger partial charge < -0.3 is 5.32 Å². The molecule has 8 heteroatoms. The summed E-state index contributed by atoms with van der Waals surface area (Å²) in [5.74, 6) is 0.508. The predicted molar refractivity (Wildman–Crippen MR) is 107 cm³/mol. The fourth-order valence-electron chi connectivity index (χ4n) is 3.20. The van der Waals surface area contributed by atoms with Gasteiger partial charge in [0.05, 0.1) is 17.0 Å². The smallest absolute Gasteiger partial charge is 0.263 e. The summed E-state index contributed by atoms with van der Waals surface area (Å²) in [4.78, 5) is 16.5. The van der Waals surface area contributed by atoms with Gasteiger partial charge in [0, 0.05) is 11.9 Å². The lowest BCUT2D eigenvalue weighted by Crippen LogP contribution is -2.31. The average molecular weight is 408 g/mol. The number of aromatic nitrogens is 1. The summed E-state index contributed by atoms with van der Waals surface area (Å²) < 4.78 is 27.3. The molecule has 0 unspecified atom stereocenters. The van der Waals surface area contributed by atoms with Crippen LogP contribution in [0.1, 0.15) is 43.4 Å². The molecular weight excluding hydrogens is 382 g/mol. The number of thiazole rings is 1. The van der Waals surface area contributed by atoms with Gasteiger partial charge in [-0.1, -0.05) is 37.0 Å². The number of nitrogens with zero attached hydrogens (tertiary/aromatic N) is 1. The minimum absolute atomic E-state index is 0.0705. The molecule has 1 amide bonds. The monoisotopic (exact) mass is 407 g/mol. The molecular formula is C19H25N3O3S2. The number of aryl methyl sites for hydroxylation is 1. The lowest BCUT2D eigenvalue weighted by Gasteiger charge is -2.21. The third kappa shape index (κ3) is 5.77. The van der Waals surface area contributed by atoms with Crippen molar-refractivity contribution in [2.75, 3.05) is 11.3 Å². The Morgan fingerprint density at radius 3 is 2.59 bits per heavy atom. The number of carbonyl (C=O) groups is 1. The molecule has 1 aromatic carbocycles. The first-order chi connectivity index (χ1) is 12.9. The first-order valence-corrected chi connectivity index (χ1v) is 11.6. The summed E-state index contributed by atoms with van der Waals surface area (Å²) in [6.07, 6.45) is 6.32. The zero-order chi connectivity index (χ0) is 19.3. The molecule has 146 valence electrons. The number of sulfonamides is 1. The lowest BCUT2D eigenvalue weighted by molar-refractivity contribution is -0.120. The summed E-state index contributed by atoms with van der Waals surface area (Å²) in [6.45, 7) is 2.62. The first kappa shape index (κ1) is 19.8. The number of anilines is 1. The van der Waals surface area contributed by atoms with Crippen molar-refractivity contribution in [1.29, 1.82) is 0 Å². The maximum absolute atomic E-state index is 12.4. The van der Waals surface area contributed by atoms with Gasteiger partial charge in [0.25, 0.3) is 10.0 Å². The molecule has 27 heavy (non-hydrogen) atoms. The third-order valence-electron chi connectivity index (χ3n) is 4.76. The Hall–Kier alpha value is -1.93. The van der Waals surface area contributed by atoms with Gasteiger partial charge in [-0.15, -0.1) is 11.3 Å². The van der Waals surface area contributed by atoms with Gasteiger partial charge in [0.15, 0.2) is 5.13 Å². The first-order valence-electron chi connectivity index (χ1n) is 9.23. The van der Waals surface area contributed by atoms with Gasteiger partial charge in [0.1, 0.15) is 0 Å². The zero-order valence-corrected chi connectivity index (χ0v) is 17.0. The van der Waals surface area contributed by atoms with Crippen molar-refractivity contribution in [3.63, 3.8) is 0 Å². The molecule has 1 aromatic heterocycles. The van der Waals surface area contributed by atoms with Crippen LogP contribution < -0.4 is 10.0 Å².